The van der Waals surface area contributed by atoms with Crippen molar-refractivity contribution in [3.05, 3.63) is 0 Å². The van der Waals surface area contributed by atoms with Gasteiger partial charge in [-0.1, -0.05) is 0 Å². The maximum atomic E-state index is 11.6. The maximum Gasteiger partial charge on any atom is 0.320 e. The fraction of sp³-hybridized carbons (Fsp3) is 0.800. The second-order valence-corrected chi connectivity index (χ2v) is 4.60. The molecule has 3 nitrogen and oxygen atoms in total. The monoisotopic (exact) mass is 180 g/mol. The van der Waals surface area contributed by atoms with Gasteiger partial charge in [-0.25, -0.2) is 0 Å². The van der Waals surface area contributed by atoms with Crippen molar-refractivity contribution in [3.8, 4) is 0 Å². The van der Waals surface area contributed by atoms with Crippen molar-refractivity contribution in [1.29, 1.82) is 0 Å². The molecule has 0 amide bonds. The van der Waals surface area contributed by atoms with Gasteiger partial charge in [0.15, 0.2) is 0 Å². The molecule has 13 heavy (non-hydrogen) atoms. The first kappa shape index (κ1) is 7.54. The van der Waals surface area contributed by atoms with Gasteiger partial charge in [0, 0.05) is 0 Å². The Morgan fingerprint density at radius 2 is 1.92 bits per heavy atom. The van der Waals surface area contributed by atoms with Gasteiger partial charge in [0.1, 0.15) is 0 Å². The molecule has 1 atom stereocenters. The third kappa shape index (κ3) is 0.754. The zero-order valence-corrected chi connectivity index (χ0v) is 7.41. The van der Waals surface area contributed by atoms with Gasteiger partial charge < -0.3 is 4.74 Å². The molecule has 1 heterocycles. The van der Waals surface area contributed by atoms with Crippen molar-refractivity contribution in [2.24, 2.45) is 17.3 Å². The Kier molecular flexibility index (Phi) is 1.24. The third-order valence-electron chi connectivity index (χ3n) is 4.12. The fourth-order valence-corrected chi connectivity index (χ4v) is 3.27. The van der Waals surface area contributed by atoms with Crippen LogP contribution in [-0.2, 0) is 14.3 Å². The van der Waals surface area contributed by atoms with Crippen LogP contribution in [0.3, 0.4) is 0 Å². The van der Waals surface area contributed by atoms with Crippen LogP contribution in [0.25, 0.3) is 0 Å². The number of carbonyl (C=O) groups excluding carboxylic acids is 2. The summed E-state index contributed by atoms with van der Waals surface area (Å²) >= 11 is 0. The van der Waals surface area contributed by atoms with Gasteiger partial charge in [-0.3, -0.25) is 9.59 Å². The minimum absolute atomic E-state index is 0.0903. The smallest absolute Gasteiger partial charge is 0.320 e. The second kappa shape index (κ2) is 2.14. The van der Waals surface area contributed by atoms with Crippen LogP contribution in [0.2, 0.25) is 0 Å². The van der Waals surface area contributed by atoms with Crippen LogP contribution in [0.4, 0.5) is 0 Å². The largest absolute Gasteiger partial charge is 0.392 e. The molecule has 0 aromatic heterocycles. The molecule has 3 aliphatic carbocycles. The van der Waals surface area contributed by atoms with E-state index in [2.05, 4.69) is 0 Å². The Bertz CT molecular complexity index is 287. The summed E-state index contributed by atoms with van der Waals surface area (Å²) in [6.45, 7) is 0. The predicted octanol–water partition coefficient (Wildman–Crippen LogP) is 1.27. The Hall–Kier alpha value is -0.860. The Balaban J connectivity index is 2.06. The van der Waals surface area contributed by atoms with E-state index < -0.39 is 0 Å². The van der Waals surface area contributed by atoms with Crippen LogP contribution in [0, 0.1) is 17.3 Å². The minimum atomic E-state index is -0.383. The van der Waals surface area contributed by atoms with Crippen molar-refractivity contribution < 1.29 is 14.3 Å². The number of esters is 2. The average Bonchev–Trinajstić information content (AvgIpc) is 2.42. The molecule has 1 spiro atoms. The van der Waals surface area contributed by atoms with Crippen molar-refractivity contribution in [3.63, 3.8) is 0 Å². The van der Waals surface area contributed by atoms with Crippen molar-refractivity contribution >= 4 is 11.9 Å². The van der Waals surface area contributed by atoms with E-state index in [0.29, 0.717) is 5.92 Å². The molecule has 3 heteroatoms. The second-order valence-electron chi connectivity index (χ2n) is 4.60. The van der Waals surface area contributed by atoms with Crippen LogP contribution in [0.1, 0.15) is 32.1 Å². The molecule has 4 fully saturated rings. The Morgan fingerprint density at radius 1 is 1.23 bits per heavy atom. The molecule has 1 aliphatic heterocycles. The third-order valence-corrected chi connectivity index (χ3v) is 4.12. The van der Waals surface area contributed by atoms with Gasteiger partial charge >= 0.3 is 11.9 Å². The first-order chi connectivity index (χ1) is 6.22. The lowest BCUT2D eigenvalue weighted by Crippen LogP contribution is -2.44. The van der Waals surface area contributed by atoms with Crippen molar-refractivity contribution in [2.75, 3.05) is 0 Å². The van der Waals surface area contributed by atoms with E-state index in [1.54, 1.807) is 0 Å². The number of hydrogen-bond donors (Lipinski definition) is 0. The van der Waals surface area contributed by atoms with E-state index in [9.17, 15) is 9.59 Å². The number of carbonyl (C=O) groups is 2. The summed E-state index contributed by atoms with van der Waals surface area (Å²) in [7, 11) is 0. The van der Waals surface area contributed by atoms with Gasteiger partial charge in [0.2, 0.25) is 0 Å². The molecule has 3 saturated carbocycles. The van der Waals surface area contributed by atoms with Crippen LogP contribution >= 0.6 is 0 Å². The molecule has 1 unspecified atom stereocenters. The number of ether oxygens (including phenoxy) is 1. The fourth-order valence-electron chi connectivity index (χ4n) is 3.27. The van der Waals surface area contributed by atoms with Gasteiger partial charge in [-0.05, 0) is 38.0 Å². The van der Waals surface area contributed by atoms with Crippen molar-refractivity contribution in [2.45, 2.75) is 32.1 Å². The molecule has 0 radical (unpaired) electrons. The zero-order chi connectivity index (χ0) is 9.05. The molecular weight excluding hydrogens is 168 g/mol. The van der Waals surface area contributed by atoms with Crippen LogP contribution in [-0.4, -0.2) is 11.9 Å². The molecular formula is C10H12O3. The van der Waals surface area contributed by atoms with E-state index in [1.165, 1.54) is 0 Å². The number of cyclic esters (lactones) is 2. The highest BCUT2D eigenvalue weighted by Crippen LogP contribution is 2.57. The minimum Gasteiger partial charge on any atom is -0.392 e. The summed E-state index contributed by atoms with van der Waals surface area (Å²) in [6, 6.07) is 0. The van der Waals surface area contributed by atoms with E-state index >= 15 is 0 Å². The molecule has 70 valence electrons. The molecule has 2 bridgehead atoms. The lowest BCUT2D eigenvalue weighted by molar-refractivity contribution is -0.155. The first-order valence-electron chi connectivity index (χ1n) is 4.98. The number of fused-ring (bicyclic) bond motifs is 2. The highest BCUT2D eigenvalue weighted by atomic mass is 16.6. The predicted molar refractivity (Wildman–Crippen MR) is 43.6 cm³/mol. The number of hydrogen-bond acceptors (Lipinski definition) is 3. The maximum absolute atomic E-state index is 11.6. The quantitative estimate of drug-likeness (QED) is 0.416. The molecule has 0 aromatic carbocycles. The highest BCUT2D eigenvalue weighted by Gasteiger charge is 2.61. The summed E-state index contributed by atoms with van der Waals surface area (Å²) in [4.78, 5) is 22.9. The Morgan fingerprint density at radius 3 is 2.54 bits per heavy atom. The number of rotatable bonds is 0. The van der Waals surface area contributed by atoms with Crippen LogP contribution < -0.4 is 0 Å². The van der Waals surface area contributed by atoms with Gasteiger partial charge in [-0.2, -0.15) is 0 Å². The Labute approximate surface area is 76.4 Å². The van der Waals surface area contributed by atoms with E-state index in [4.69, 9.17) is 4.74 Å². The lowest BCUT2D eigenvalue weighted by Gasteiger charge is -2.43. The molecule has 0 N–H and O–H groups in total. The van der Waals surface area contributed by atoms with Crippen LogP contribution in [0.5, 0.6) is 0 Å². The van der Waals surface area contributed by atoms with Crippen molar-refractivity contribution in [1.82, 2.24) is 0 Å². The standard InChI is InChI=1S/C10H12O3/c11-8-7-5-6-1-3-10(7,4-2-6)9(12)13-8/h6-7H,1-5H2. The highest BCUT2D eigenvalue weighted by molar-refractivity contribution is 5.99. The van der Waals surface area contributed by atoms with E-state index in [0.717, 1.165) is 32.1 Å². The topological polar surface area (TPSA) is 43.4 Å². The van der Waals surface area contributed by atoms with Gasteiger partial charge in [0.25, 0.3) is 0 Å². The summed E-state index contributed by atoms with van der Waals surface area (Å²) in [6.07, 6.45) is 4.88. The zero-order valence-electron chi connectivity index (χ0n) is 7.41. The summed E-state index contributed by atoms with van der Waals surface area (Å²) in [5.41, 5.74) is -0.383. The van der Waals surface area contributed by atoms with Crippen LogP contribution in [0.15, 0.2) is 0 Å². The summed E-state index contributed by atoms with van der Waals surface area (Å²) in [5, 5.41) is 0. The molecule has 1 saturated heterocycles. The molecule has 4 aliphatic rings. The van der Waals surface area contributed by atoms with Gasteiger partial charge in [-0.15, -0.1) is 0 Å². The molecule has 0 aromatic rings. The lowest BCUT2D eigenvalue weighted by atomic mass is 9.56. The molecule has 4 rings (SSSR count). The average molecular weight is 180 g/mol. The summed E-state index contributed by atoms with van der Waals surface area (Å²) < 4.78 is 4.75. The van der Waals surface area contributed by atoms with E-state index in [1.807, 2.05) is 0 Å². The first-order valence-corrected chi connectivity index (χ1v) is 4.98. The normalized spacial score (nSPS) is 47.7. The SMILES string of the molecule is O=C1OC(=O)C23CCC(CC2)CC13. The van der Waals surface area contributed by atoms with E-state index in [-0.39, 0.29) is 23.3 Å². The summed E-state index contributed by atoms with van der Waals surface area (Å²) in [5.74, 6) is 0.0906. The van der Waals surface area contributed by atoms with Gasteiger partial charge in [0.05, 0.1) is 11.3 Å².